The highest BCUT2D eigenvalue weighted by Crippen LogP contribution is 2.36. The molecular weight excluding hydrogens is 234 g/mol. The van der Waals surface area contributed by atoms with Crippen molar-refractivity contribution in [2.75, 3.05) is 6.54 Å². The van der Waals surface area contributed by atoms with Gasteiger partial charge in [0, 0.05) is 11.6 Å². The van der Waals surface area contributed by atoms with E-state index in [1.54, 1.807) is 18.2 Å². The number of hydrogen-bond acceptors (Lipinski definition) is 2. The van der Waals surface area contributed by atoms with E-state index in [4.69, 9.17) is 17.3 Å². The van der Waals surface area contributed by atoms with Crippen molar-refractivity contribution in [3.63, 3.8) is 0 Å². The molecule has 0 unspecified atom stereocenters. The van der Waals surface area contributed by atoms with Crippen LogP contribution in [0.25, 0.3) is 10.9 Å². The average Bonchev–Trinajstić information content (AvgIpc) is 2.28. The maximum absolute atomic E-state index is 13.6. The molecular formula is C11H9ClF2N2. The van der Waals surface area contributed by atoms with Crippen molar-refractivity contribution < 1.29 is 8.78 Å². The lowest BCUT2D eigenvalue weighted by Crippen LogP contribution is -2.26. The summed E-state index contributed by atoms with van der Waals surface area (Å²) >= 11 is 5.79. The molecule has 16 heavy (non-hydrogen) atoms. The van der Waals surface area contributed by atoms with Crippen LogP contribution < -0.4 is 5.73 Å². The van der Waals surface area contributed by atoms with Gasteiger partial charge in [-0.25, -0.2) is 0 Å². The molecule has 0 spiro atoms. The summed E-state index contributed by atoms with van der Waals surface area (Å²) in [4.78, 5) is 3.94. The SMILES string of the molecule is NCC(F)(F)c1c(Cl)ccc2cccnc12. The quantitative estimate of drug-likeness (QED) is 0.879. The lowest BCUT2D eigenvalue weighted by molar-refractivity contribution is 0.00747. The van der Waals surface area contributed by atoms with Crippen LogP contribution in [-0.4, -0.2) is 11.5 Å². The predicted octanol–water partition coefficient (Wildman–Crippen LogP) is 2.94. The van der Waals surface area contributed by atoms with Crippen LogP contribution in [0.4, 0.5) is 8.78 Å². The van der Waals surface area contributed by atoms with Crippen LogP contribution >= 0.6 is 11.6 Å². The number of nitrogens with two attached hydrogens (primary N) is 1. The largest absolute Gasteiger partial charge is 0.325 e. The van der Waals surface area contributed by atoms with Gasteiger partial charge < -0.3 is 5.73 Å². The highest BCUT2D eigenvalue weighted by molar-refractivity contribution is 6.32. The Morgan fingerprint density at radius 1 is 1.31 bits per heavy atom. The molecule has 5 heteroatoms. The zero-order chi connectivity index (χ0) is 11.8. The molecule has 0 aliphatic rings. The average molecular weight is 243 g/mol. The minimum atomic E-state index is -3.16. The molecule has 1 heterocycles. The summed E-state index contributed by atoms with van der Waals surface area (Å²) in [6, 6.07) is 6.47. The van der Waals surface area contributed by atoms with Gasteiger partial charge in [0.15, 0.2) is 0 Å². The topological polar surface area (TPSA) is 38.9 Å². The van der Waals surface area contributed by atoms with E-state index in [1.165, 1.54) is 12.3 Å². The van der Waals surface area contributed by atoms with Crippen LogP contribution in [-0.2, 0) is 5.92 Å². The van der Waals surface area contributed by atoms with Gasteiger partial charge in [-0.1, -0.05) is 23.7 Å². The van der Waals surface area contributed by atoms with Gasteiger partial charge >= 0.3 is 0 Å². The van der Waals surface area contributed by atoms with Crippen LogP contribution in [0.2, 0.25) is 5.02 Å². The van der Waals surface area contributed by atoms with Gasteiger partial charge in [-0.2, -0.15) is 8.78 Å². The van der Waals surface area contributed by atoms with E-state index >= 15 is 0 Å². The summed E-state index contributed by atoms with van der Waals surface area (Å²) < 4.78 is 27.3. The van der Waals surface area contributed by atoms with E-state index in [0.29, 0.717) is 5.39 Å². The second-order valence-corrected chi connectivity index (χ2v) is 3.81. The monoisotopic (exact) mass is 242 g/mol. The first-order valence-corrected chi connectivity index (χ1v) is 5.05. The van der Waals surface area contributed by atoms with Gasteiger partial charge in [0.25, 0.3) is 5.92 Å². The number of halogens is 3. The summed E-state index contributed by atoms with van der Waals surface area (Å²) in [5, 5.41) is 0.608. The maximum atomic E-state index is 13.6. The van der Waals surface area contributed by atoms with Crippen molar-refractivity contribution in [1.29, 1.82) is 0 Å². The second kappa shape index (κ2) is 3.96. The third-order valence-corrected chi connectivity index (χ3v) is 2.66. The molecule has 0 bridgehead atoms. The molecule has 0 radical (unpaired) electrons. The first-order chi connectivity index (χ1) is 7.56. The van der Waals surface area contributed by atoms with Crippen molar-refractivity contribution >= 4 is 22.5 Å². The van der Waals surface area contributed by atoms with Crippen molar-refractivity contribution in [2.45, 2.75) is 5.92 Å². The number of pyridine rings is 1. The van der Waals surface area contributed by atoms with Crippen molar-refractivity contribution in [2.24, 2.45) is 5.73 Å². The van der Waals surface area contributed by atoms with E-state index in [9.17, 15) is 8.78 Å². The highest BCUT2D eigenvalue weighted by atomic mass is 35.5. The summed E-state index contributed by atoms with van der Waals surface area (Å²) in [6.07, 6.45) is 1.45. The van der Waals surface area contributed by atoms with Crippen LogP contribution in [0.3, 0.4) is 0 Å². The fourth-order valence-corrected chi connectivity index (χ4v) is 1.86. The lowest BCUT2D eigenvalue weighted by atomic mass is 10.0. The van der Waals surface area contributed by atoms with Gasteiger partial charge in [0.2, 0.25) is 0 Å². The first kappa shape index (κ1) is 11.2. The van der Waals surface area contributed by atoms with E-state index in [0.717, 1.165) is 0 Å². The fraction of sp³-hybridized carbons (Fsp3) is 0.182. The summed E-state index contributed by atoms with van der Waals surface area (Å²) in [5.41, 5.74) is 4.96. The molecule has 0 saturated heterocycles. The minimum Gasteiger partial charge on any atom is -0.325 e. The normalized spacial score (nSPS) is 12.0. The number of hydrogen-bond donors (Lipinski definition) is 1. The van der Waals surface area contributed by atoms with Crippen molar-refractivity contribution in [3.05, 3.63) is 41.0 Å². The summed E-state index contributed by atoms with van der Waals surface area (Å²) in [5.74, 6) is -3.16. The lowest BCUT2D eigenvalue weighted by Gasteiger charge is -2.17. The fourth-order valence-electron chi connectivity index (χ4n) is 1.57. The third kappa shape index (κ3) is 1.74. The van der Waals surface area contributed by atoms with Crippen LogP contribution in [0.5, 0.6) is 0 Å². The van der Waals surface area contributed by atoms with E-state index in [1.807, 2.05) is 0 Å². The third-order valence-electron chi connectivity index (χ3n) is 2.35. The Kier molecular flexibility index (Phi) is 2.78. The Balaban J connectivity index is 2.81. The maximum Gasteiger partial charge on any atom is 0.288 e. The molecule has 84 valence electrons. The van der Waals surface area contributed by atoms with Crippen LogP contribution in [0.15, 0.2) is 30.5 Å². The molecule has 0 aliphatic carbocycles. The van der Waals surface area contributed by atoms with E-state index < -0.39 is 12.5 Å². The van der Waals surface area contributed by atoms with Crippen molar-refractivity contribution in [3.8, 4) is 0 Å². The number of fused-ring (bicyclic) bond motifs is 1. The van der Waals surface area contributed by atoms with E-state index in [2.05, 4.69) is 4.98 Å². The van der Waals surface area contributed by atoms with Gasteiger partial charge in [0.05, 0.1) is 22.6 Å². The number of rotatable bonds is 2. The molecule has 0 aliphatic heterocycles. The molecule has 0 saturated carbocycles. The molecule has 0 amide bonds. The summed E-state index contributed by atoms with van der Waals surface area (Å²) in [6.45, 7) is -0.789. The van der Waals surface area contributed by atoms with Gasteiger partial charge in [-0.15, -0.1) is 0 Å². The number of nitrogens with zero attached hydrogens (tertiary/aromatic N) is 1. The molecule has 2 nitrogen and oxygen atoms in total. The molecule has 1 aromatic heterocycles. The molecule has 0 fully saturated rings. The molecule has 2 rings (SSSR count). The Labute approximate surface area is 96.0 Å². The van der Waals surface area contributed by atoms with Gasteiger partial charge in [-0.3, -0.25) is 4.98 Å². The Bertz CT molecular complexity index is 528. The first-order valence-electron chi connectivity index (χ1n) is 4.68. The number of benzene rings is 1. The molecule has 0 atom stereocenters. The van der Waals surface area contributed by atoms with E-state index in [-0.39, 0.29) is 16.1 Å². The number of aromatic nitrogens is 1. The van der Waals surface area contributed by atoms with Gasteiger partial charge in [-0.05, 0) is 12.1 Å². The highest BCUT2D eigenvalue weighted by Gasteiger charge is 2.34. The molecule has 1 aromatic carbocycles. The summed E-state index contributed by atoms with van der Waals surface area (Å²) in [7, 11) is 0. The zero-order valence-electron chi connectivity index (χ0n) is 8.25. The van der Waals surface area contributed by atoms with Crippen LogP contribution in [0, 0.1) is 0 Å². The Morgan fingerprint density at radius 2 is 2.06 bits per heavy atom. The smallest absolute Gasteiger partial charge is 0.288 e. The Hall–Kier alpha value is -1.26. The zero-order valence-corrected chi connectivity index (χ0v) is 9.01. The second-order valence-electron chi connectivity index (χ2n) is 3.41. The molecule has 2 aromatic rings. The molecule has 2 N–H and O–H groups in total. The van der Waals surface area contributed by atoms with Gasteiger partial charge in [0.1, 0.15) is 0 Å². The Morgan fingerprint density at radius 3 is 2.75 bits per heavy atom. The van der Waals surface area contributed by atoms with Crippen molar-refractivity contribution in [1.82, 2.24) is 4.98 Å². The number of alkyl halides is 2. The minimum absolute atomic E-state index is 0.0124. The predicted molar refractivity (Wildman–Crippen MR) is 59.7 cm³/mol. The van der Waals surface area contributed by atoms with Crippen LogP contribution in [0.1, 0.15) is 5.56 Å². The standard InChI is InChI=1S/C11H9ClF2N2/c12-8-4-3-7-2-1-5-16-10(7)9(8)11(13,14)6-15/h1-5H,6,15H2.